The molecule has 0 aliphatic heterocycles. The molecule has 2 N–H and O–H groups in total. The number of carbonyl (C=O) groups excluding carboxylic acids is 2. The van der Waals surface area contributed by atoms with Gasteiger partial charge in [-0.05, 0) is 19.1 Å². The Bertz CT molecular complexity index is 474. The normalized spacial score (nSPS) is 11.8. The smallest absolute Gasteiger partial charge is 0.302 e. The molecular formula is C10H8BrClF2N2O2. The Balaban J connectivity index is 2.80. The third-order valence-corrected chi connectivity index (χ3v) is 2.50. The maximum Gasteiger partial charge on any atom is 0.326 e. The van der Waals surface area contributed by atoms with E-state index in [4.69, 9.17) is 11.6 Å². The summed E-state index contributed by atoms with van der Waals surface area (Å²) in [5.74, 6) is -2.71. The van der Waals surface area contributed by atoms with Gasteiger partial charge >= 0.3 is 6.03 Å². The van der Waals surface area contributed by atoms with Crippen molar-refractivity contribution in [3.63, 3.8) is 0 Å². The molecular weight excluding hydrogens is 333 g/mol. The molecule has 1 unspecified atom stereocenters. The van der Waals surface area contributed by atoms with E-state index in [2.05, 4.69) is 15.9 Å². The number of nitrogens with one attached hydrogen (secondary N) is 2. The molecule has 0 aliphatic rings. The Kier molecular flexibility index (Phi) is 5.03. The van der Waals surface area contributed by atoms with E-state index in [0.717, 1.165) is 12.1 Å². The predicted molar refractivity (Wildman–Crippen MR) is 66.5 cm³/mol. The van der Waals surface area contributed by atoms with Crippen molar-refractivity contribution in [2.45, 2.75) is 12.3 Å². The minimum atomic E-state index is -1.06. The Morgan fingerprint density at radius 3 is 2.28 bits per heavy atom. The van der Waals surface area contributed by atoms with Gasteiger partial charge in [-0.15, -0.1) is 11.6 Å². The molecule has 4 nitrogen and oxygen atoms in total. The molecule has 98 valence electrons. The third kappa shape index (κ3) is 3.92. The molecule has 0 radical (unpaired) electrons. The highest BCUT2D eigenvalue weighted by molar-refractivity contribution is 9.10. The first-order valence-electron chi connectivity index (χ1n) is 4.71. The number of amides is 3. The van der Waals surface area contributed by atoms with Crippen molar-refractivity contribution in [2.24, 2.45) is 0 Å². The number of anilines is 1. The molecule has 0 saturated carbocycles. The van der Waals surface area contributed by atoms with E-state index in [1.807, 2.05) is 10.6 Å². The molecule has 1 aromatic carbocycles. The number of hydrogen-bond acceptors (Lipinski definition) is 2. The van der Waals surface area contributed by atoms with E-state index in [1.165, 1.54) is 6.92 Å². The molecule has 0 bridgehead atoms. The van der Waals surface area contributed by atoms with Gasteiger partial charge in [0, 0.05) is 4.47 Å². The largest absolute Gasteiger partial charge is 0.326 e. The molecule has 0 heterocycles. The zero-order valence-corrected chi connectivity index (χ0v) is 11.4. The van der Waals surface area contributed by atoms with Crippen molar-refractivity contribution in [1.29, 1.82) is 0 Å². The molecule has 1 atom stereocenters. The van der Waals surface area contributed by atoms with Crippen LogP contribution in [0.4, 0.5) is 19.3 Å². The second-order valence-corrected chi connectivity index (χ2v) is 4.87. The summed E-state index contributed by atoms with van der Waals surface area (Å²) in [4.78, 5) is 22.3. The van der Waals surface area contributed by atoms with Gasteiger partial charge in [-0.1, -0.05) is 15.9 Å². The van der Waals surface area contributed by atoms with Crippen LogP contribution in [0.5, 0.6) is 0 Å². The summed E-state index contributed by atoms with van der Waals surface area (Å²) < 4.78 is 26.9. The fraction of sp³-hybridized carbons (Fsp3) is 0.200. The van der Waals surface area contributed by atoms with Crippen molar-refractivity contribution in [3.05, 3.63) is 28.2 Å². The summed E-state index contributed by atoms with van der Waals surface area (Å²) in [7, 11) is 0. The first kappa shape index (κ1) is 14.8. The van der Waals surface area contributed by atoms with Crippen LogP contribution in [-0.2, 0) is 4.79 Å². The third-order valence-electron chi connectivity index (χ3n) is 1.84. The second kappa shape index (κ2) is 6.10. The van der Waals surface area contributed by atoms with E-state index >= 15 is 0 Å². The van der Waals surface area contributed by atoms with E-state index in [0.29, 0.717) is 0 Å². The van der Waals surface area contributed by atoms with Crippen LogP contribution < -0.4 is 10.6 Å². The highest BCUT2D eigenvalue weighted by atomic mass is 79.9. The Morgan fingerprint density at radius 1 is 1.33 bits per heavy atom. The first-order chi connectivity index (χ1) is 8.31. The number of urea groups is 1. The molecule has 8 heteroatoms. The fourth-order valence-electron chi connectivity index (χ4n) is 1.02. The minimum absolute atomic E-state index is 0.189. The maximum atomic E-state index is 13.3. The second-order valence-electron chi connectivity index (χ2n) is 3.30. The summed E-state index contributed by atoms with van der Waals surface area (Å²) in [5, 5.41) is 2.79. The van der Waals surface area contributed by atoms with Gasteiger partial charge in [-0.3, -0.25) is 10.1 Å². The fourth-order valence-corrected chi connectivity index (χ4v) is 1.47. The molecule has 18 heavy (non-hydrogen) atoms. The van der Waals surface area contributed by atoms with Crippen LogP contribution in [-0.4, -0.2) is 17.3 Å². The summed E-state index contributed by atoms with van der Waals surface area (Å²) in [6.45, 7) is 1.35. The lowest BCUT2D eigenvalue weighted by Crippen LogP contribution is -2.38. The number of imide groups is 1. The van der Waals surface area contributed by atoms with Crippen LogP contribution >= 0.6 is 27.5 Å². The van der Waals surface area contributed by atoms with Gasteiger partial charge in [0.2, 0.25) is 5.91 Å². The standard InChI is InChI=1S/C10H8BrClF2N2O2/c1-4(12)9(17)16-10(18)15-8-6(13)2-5(11)3-7(8)14/h2-4H,1H3,(H2,15,16,17,18). The van der Waals surface area contributed by atoms with Gasteiger partial charge in [0.25, 0.3) is 0 Å². The molecule has 3 amide bonds. The highest BCUT2D eigenvalue weighted by Crippen LogP contribution is 2.23. The topological polar surface area (TPSA) is 58.2 Å². The van der Waals surface area contributed by atoms with Gasteiger partial charge in [-0.2, -0.15) is 0 Å². The van der Waals surface area contributed by atoms with E-state index in [9.17, 15) is 18.4 Å². The van der Waals surface area contributed by atoms with Crippen molar-refractivity contribution in [2.75, 3.05) is 5.32 Å². The van der Waals surface area contributed by atoms with Crippen LogP contribution in [0.15, 0.2) is 16.6 Å². The number of rotatable bonds is 2. The quantitative estimate of drug-likeness (QED) is 0.813. The first-order valence-corrected chi connectivity index (χ1v) is 5.94. The van der Waals surface area contributed by atoms with E-state index in [1.54, 1.807) is 0 Å². The monoisotopic (exact) mass is 340 g/mol. The van der Waals surface area contributed by atoms with Crippen LogP contribution in [0.3, 0.4) is 0 Å². The molecule has 0 fully saturated rings. The Hall–Kier alpha value is -1.21. The summed E-state index contributed by atoms with van der Waals surface area (Å²) in [5.41, 5.74) is -0.647. The molecule has 0 spiro atoms. The van der Waals surface area contributed by atoms with Crippen molar-refractivity contribution >= 4 is 45.2 Å². The van der Waals surface area contributed by atoms with E-state index < -0.39 is 34.6 Å². The highest BCUT2D eigenvalue weighted by Gasteiger charge is 2.17. The summed E-state index contributed by atoms with van der Waals surface area (Å²) in [6.07, 6.45) is 0. The van der Waals surface area contributed by atoms with Gasteiger partial charge in [0.1, 0.15) is 11.1 Å². The number of halogens is 4. The lowest BCUT2D eigenvalue weighted by atomic mass is 10.3. The number of alkyl halides is 1. The molecule has 0 aliphatic carbocycles. The summed E-state index contributed by atoms with van der Waals surface area (Å²) >= 11 is 8.31. The van der Waals surface area contributed by atoms with Crippen molar-refractivity contribution < 1.29 is 18.4 Å². The maximum absolute atomic E-state index is 13.3. The minimum Gasteiger partial charge on any atom is -0.302 e. The lowest BCUT2D eigenvalue weighted by Gasteiger charge is -2.09. The molecule has 1 aromatic rings. The van der Waals surface area contributed by atoms with Crippen molar-refractivity contribution in [1.82, 2.24) is 5.32 Å². The van der Waals surface area contributed by atoms with Crippen molar-refractivity contribution in [3.8, 4) is 0 Å². The molecule has 1 rings (SSSR count). The van der Waals surface area contributed by atoms with Gasteiger partial charge in [0.15, 0.2) is 11.6 Å². The summed E-state index contributed by atoms with van der Waals surface area (Å²) in [6, 6.07) is 0.891. The van der Waals surface area contributed by atoms with Gasteiger partial charge < -0.3 is 5.32 Å². The van der Waals surface area contributed by atoms with Crippen LogP contribution in [0.1, 0.15) is 6.92 Å². The number of hydrogen-bond donors (Lipinski definition) is 2. The van der Waals surface area contributed by atoms with Gasteiger partial charge in [-0.25, -0.2) is 13.6 Å². The van der Waals surface area contributed by atoms with E-state index in [-0.39, 0.29) is 4.47 Å². The predicted octanol–water partition coefficient (Wildman–Crippen LogP) is 3.00. The average Bonchev–Trinajstić information content (AvgIpc) is 2.23. The molecule has 0 saturated heterocycles. The Morgan fingerprint density at radius 2 is 1.83 bits per heavy atom. The average molecular weight is 342 g/mol. The van der Waals surface area contributed by atoms with Crippen LogP contribution in [0, 0.1) is 11.6 Å². The zero-order chi connectivity index (χ0) is 13.9. The van der Waals surface area contributed by atoms with Crippen LogP contribution in [0.25, 0.3) is 0 Å². The molecule has 0 aromatic heterocycles. The number of benzene rings is 1. The zero-order valence-electron chi connectivity index (χ0n) is 9.06. The number of carbonyl (C=O) groups is 2. The lowest BCUT2D eigenvalue weighted by molar-refractivity contribution is -0.119. The van der Waals surface area contributed by atoms with Gasteiger partial charge in [0.05, 0.1) is 0 Å². The Labute approximate surface area is 115 Å². The SMILES string of the molecule is CC(Cl)C(=O)NC(=O)Nc1c(F)cc(Br)cc1F. The van der Waals surface area contributed by atoms with Crippen LogP contribution in [0.2, 0.25) is 0 Å².